The van der Waals surface area contributed by atoms with Crippen molar-refractivity contribution in [3.8, 4) is 11.5 Å². The number of hydrogen-bond acceptors (Lipinski definition) is 6. The number of anilines is 1. The molecule has 0 aromatic heterocycles. The predicted octanol–water partition coefficient (Wildman–Crippen LogP) is 4.88. The maximum absolute atomic E-state index is 14.0. The summed E-state index contributed by atoms with van der Waals surface area (Å²) in [6, 6.07) is 18.6. The van der Waals surface area contributed by atoms with Crippen molar-refractivity contribution in [1.29, 1.82) is 0 Å². The van der Waals surface area contributed by atoms with Crippen LogP contribution in [0.3, 0.4) is 0 Å². The number of carbonyl (C=O) groups is 2. The zero-order valence-electron chi connectivity index (χ0n) is 23.8. The molecule has 41 heavy (non-hydrogen) atoms. The fraction of sp³-hybridized carbons (Fsp3) is 0.333. The number of hydrogen-bond donors (Lipinski definition) is 1. The second-order valence-electron chi connectivity index (χ2n) is 9.51. The lowest BCUT2D eigenvalue weighted by molar-refractivity contribution is -0.139. The van der Waals surface area contributed by atoms with Crippen LogP contribution in [0, 0.1) is 0 Å². The molecule has 0 bridgehead atoms. The van der Waals surface area contributed by atoms with Gasteiger partial charge in [0.05, 0.1) is 24.8 Å². The van der Waals surface area contributed by atoms with Gasteiger partial charge in [-0.3, -0.25) is 13.9 Å². The van der Waals surface area contributed by atoms with Crippen molar-refractivity contribution in [2.75, 3.05) is 25.1 Å². The van der Waals surface area contributed by atoms with Crippen molar-refractivity contribution in [3.05, 3.63) is 83.4 Å². The van der Waals surface area contributed by atoms with E-state index in [4.69, 9.17) is 21.1 Å². The summed E-state index contributed by atoms with van der Waals surface area (Å²) in [6.45, 7) is 5.01. The maximum Gasteiger partial charge on any atom is 0.264 e. The first-order valence-corrected chi connectivity index (χ1v) is 15.0. The van der Waals surface area contributed by atoms with Crippen molar-refractivity contribution < 1.29 is 27.5 Å². The van der Waals surface area contributed by atoms with Gasteiger partial charge < -0.3 is 19.7 Å². The standard InChI is InChI=1S/C30H36ClN3O6S/c1-6-21(2)32-30(36)22(3)33(19-23-10-8-7-9-11-23)29(35)20-34(25-14-12-24(31)13-15-25)41(37,38)26-16-17-27(39-4)28(18-26)40-5/h7-18,21-22H,6,19-20H2,1-5H3,(H,32,36)/t21-,22+/m0/s1. The Hall–Kier alpha value is -3.76. The Morgan fingerprint density at radius 3 is 2.15 bits per heavy atom. The highest BCUT2D eigenvalue weighted by atomic mass is 35.5. The predicted molar refractivity (Wildman–Crippen MR) is 160 cm³/mol. The minimum absolute atomic E-state index is 0.0883. The third-order valence-corrected chi connectivity index (χ3v) is 8.72. The number of benzene rings is 3. The summed E-state index contributed by atoms with van der Waals surface area (Å²) < 4.78 is 39.6. The molecule has 3 aromatic rings. The Labute approximate surface area is 247 Å². The van der Waals surface area contributed by atoms with E-state index in [1.54, 1.807) is 19.1 Å². The van der Waals surface area contributed by atoms with E-state index >= 15 is 0 Å². The normalized spacial score (nSPS) is 12.6. The number of nitrogens with zero attached hydrogens (tertiary/aromatic N) is 2. The number of sulfonamides is 1. The first-order valence-electron chi connectivity index (χ1n) is 13.2. The number of amides is 2. The van der Waals surface area contributed by atoms with Crippen LogP contribution in [0.5, 0.6) is 11.5 Å². The van der Waals surface area contributed by atoms with Gasteiger partial charge in [0.15, 0.2) is 11.5 Å². The molecule has 1 N–H and O–H groups in total. The molecular formula is C30H36ClN3O6S. The molecule has 3 aromatic carbocycles. The van der Waals surface area contributed by atoms with E-state index in [1.165, 1.54) is 49.5 Å². The highest BCUT2D eigenvalue weighted by Gasteiger charge is 2.33. The first-order chi connectivity index (χ1) is 19.5. The fourth-order valence-corrected chi connectivity index (χ4v) is 5.62. The van der Waals surface area contributed by atoms with Crippen LogP contribution in [-0.2, 0) is 26.2 Å². The van der Waals surface area contributed by atoms with E-state index in [0.29, 0.717) is 10.8 Å². The summed E-state index contributed by atoms with van der Waals surface area (Å²) in [5, 5.41) is 3.32. The number of carbonyl (C=O) groups excluding carboxylic acids is 2. The molecule has 0 radical (unpaired) electrons. The van der Waals surface area contributed by atoms with Gasteiger partial charge in [0.1, 0.15) is 12.6 Å². The molecule has 2 amide bonds. The summed E-state index contributed by atoms with van der Waals surface area (Å²) >= 11 is 6.08. The quantitative estimate of drug-likeness (QED) is 0.299. The highest BCUT2D eigenvalue weighted by Crippen LogP contribution is 2.32. The molecule has 220 valence electrons. The molecule has 0 unspecified atom stereocenters. The molecule has 0 spiro atoms. The zero-order valence-corrected chi connectivity index (χ0v) is 25.4. The van der Waals surface area contributed by atoms with Gasteiger partial charge in [-0.25, -0.2) is 8.42 Å². The van der Waals surface area contributed by atoms with Crippen molar-refractivity contribution in [1.82, 2.24) is 10.2 Å². The number of nitrogens with one attached hydrogen (secondary N) is 1. The highest BCUT2D eigenvalue weighted by molar-refractivity contribution is 7.92. The second kappa shape index (κ2) is 14.2. The lowest BCUT2D eigenvalue weighted by Gasteiger charge is -2.32. The first kappa shape index (κ1) is 31.8. The number of halogens is 1. The molecule has 2 atom stereocenters. The lowest BCUT2D eigenvalue weighted by Crippen LogP contribution is -2.52. The lowest BCUT2D eigenvalue weighted by atomic mass is 10.1. The summed E-state index contributed by atoms with van der Waals surface area (Å²) in [7, 11) is -1.43. The number of methoxy groups -OCH3 is 2. The van der Waals surface area contributed by atoms with Crippen LogP contribution in [0.1, 0.15) is 32.8 Å². The Balaban J connectivity index is 2.05. The van der Waals surface area contributed by atoms with Crippen LogP contribution in [0.2, 0.25) is 5.02 Å². The largest absolute Gasteiger partial charge is 0.493 e. The van der Waals surface area contributed by atoms with Gasteiger partial charge in [0.25, 0.3) is 10.0 Å². The average molecular weight is 602 g/mol. The van der Waals surface area contributed by atoms with Gasteiger partial charge in [-0.2, -0.15) is 0 Å². The smallest absolute Gasteiger partial charge is 0.264 e. The Morgan fingerprint density at radius 1 is 0.927 bits per heavy atom. The summed E-state index contributed by atoms with van der Waals surface area (Å²) in [5.41, 5.74) is 1.03. The Bertz CT molecular complexity index is 1430. The van der Waals surface area contributed by atoms with Crippen molar-refractivity contribution in [3.63, 3.8) is 0 Å². The molecule has 0 aliphatic rings. The molecule has 0 heterocycles. The van der Waals surface area contributed by atoms with Crippen LogP contribution in [-0.4, -0.2) is 58.0 Å². The van der Waals surface area contributed by atoms with Crippen LogP contribution < -0.4 is 19.1 Å². The minimum Gasteiger partial charge on any atom is -0.493 e. The van der Waals surface area contributed by atoms with Crippen LogP contribution in [0.25, 0.3) is 0 Å². The zero-order chi connectivity index (χ0) is 30.2. The number of rotatable bonds is 13. The van der Waals surface area contributed by atoms with Crippen LogP contribution in [0.15, 0.2) is 77.7 Å². The monoisotopic (exact) mass is 601 g/mol. The average Bonchev–Trinajstić information content (AvgIpc) is 2.98. The summed E-state index contributed by atoms with van der Waals surface area (Å²) in [4.78, 5) is 28.4. The van der Waals surface area contributed by atoms with Crippen LogP contribution >= 0.6 is 11.6 Å². The van der Waals surface area contributed by atoms with Crippen molar-refractivity contribution >= 4 is 39.1 Å². The molecule has 0 fully saturated rings. The van der Waals surface area contributed by atoms with E-state index in [9.17, 15) is 18.0 Å². The molecule has 9 nitrogen and oxygen atoms in total. The van der Waals surface area contributed by atoms with Gasteiger partial charge in [0.2, 0.25) is 11.8 Å². The van der Waals surface area contributed by atoms with E-state index in [0.717, 1.165) is 16.3 Å². The van der Waals surface area contributed by atoms with E-state index in [-0.39, 0.29) is 34.8 Å². The molecule has 0 aliphatic heterocycles. The molecule has 11 heteroatoms. The minimum atomic E-state index is -4.29. The second-order valence-corrected chi connectivity index (χ2v) is 11.8. The van der Waals surface area contributed by atoms with Crippen molar-refractivity contribution in [2.24, 2.45) is 0 Å². The van der Waals surface area contributed by atoms with Gasteiger partial charge in [-0.1, -0.05) is 48.9 Å². The molecule has 0 saturated heterocycles. The Kier molecular flexibility index (Phi) is 11.0. The van der Waals surface area contributed by atoms with Gasteiger partial charge >= 0.3 is 0 Å². The topological polar surface area (TPSA) is 105 Å². The van der Waals surface area contributed by atoms with Gasteiger partial charge in [-0.05, 0) is 62.2 Å². The molecular weight excluding hydrogens is 566 g/mol. The third kappa shape index (κ3) is 7.92. The molecule has 0 saturated carbocycles. The van der Waals surface area contributed by atoms with E-state index in [2.05, 4.69) is 5.32 Å². The molecule has 0 aliphatic carbocycles. The fourth-order valence-electron chi connectivity index (χ4n) is 4.07. The maximum atomic E-state index is 14.0. The van der Waals surface area contributed by atoms with Gasteiger partial charge in [0, 0.05) is 23.7 Å². The summed E-state index contributed by atoms with van der Waals surface area (Å²) in [5.74, 6) is -0.308. The molecule has 3 rings (SSSR count). The summed E-state index contributed by atoms with van der Waals surface area (Å²) in [6.07, 6.45) is 0.721. The van der Waals surface area contributed by atoms with E-state index in [1.807, 2.05) is 44.2 Å². The van der Waals surface area contributed by atoms with E-state index < -0.39 is 28.5 Å². The third-order valence-electron chi connectivity index (χ3n) is 6.70. The van der Waals surface area contributed by atoms with Crippen molar-refractivity contribution in [2.45, 2.75) is 50.7 Å². The number of ether oxygens (including phenoxy) is 2. The van der Waals surface area contributed by atoms with Gasteiger partial charge in [-0.15, -0.1) is 0 Å². The Morgan fingerprint density at radius 2 is 1.56 bits per heavy atom. The SMILES string of the molecule is CC[C@H](C)NC(=O)[C@@H](C)N(Cc1ccccc1)C(=O)CN(c1ccc(Cl)cc1)S(=O)(=O)c1ccc(OC)c(OC)c1. The van der Waals surface area contributed by atoms with Crippen LogP contribution in [0.4, 0.5) is 5.69 Å².